The molecule has 7 rings (SSSR count). The Balaban J connectivity index is 1.31. The maximum Gasteiger partial charge on any atom is 0.338 e. The van der Waals surface area contributed by atoms with Gasteiger partial charge in [-0.1, -0.05) is 87.5 Å². The molecule has 3 aromatic carbocycles. The van der Waals surface area contributed by atoms with Crippen LogP contribution in [0.5, 0.6) is 0 Å². The summed E-state index contributed by atoms with van der Waals surface area (Å²) < 4.78 is 18.3. The molecule has 296 valence electrons. The van der Waals surface area contributed by atoms with E-state index in [1.807, 2.05) is 6.92 Å². The highest BCUT2D eigenvalue weighted by Gasteiger charge is 2.75. The molecule has 5 N–H and O–H groups in total. The molecule has 11 atom stereocenters. The van der Waals surface area contributed by atoms with Crippen molar-refractivity contribution in [1.29, 1.82) is 0 Å². The number of amides is 1. The molecule has 4 aliphatic rings. The SMILES string of the molecule is CC1=C2[C@@H](O)C(=O)[C@@]3(C)[C@H]([C@H](OC(=O)c4ccccc4)[C@](O)(C[C@@H]1OC(=O)[C@H](O)[C@@H](NC(=O)c1ccccc1)c1ccccc1)C2(C)C)[C@]1(C)CO[C@@H]1C[C@@H]3O. The highest BCUT2D eigenvalue weighted by molar-refractivity contribution is 5.95. The fourth-order valence-corrected chi connectivity index (χ4v) is 9.95. The Hall–Kier alpha value is -4.72. The van der Waals surface area contributed by atoms with Gasteiger partial charge in [-0.25, -0.2) is 9.59 Å². The van der Waals surface area contributed by atoms with Crippen molar-refractivity contribution >= 4 is 23.6 Å². The molecular weight excluding hydrogens is 718 g/mol. The molecule has 0 radical (unpaired) electrons. The fourth-order valence-electron chi connectivity index (χ4n) is 9.95. The molecule has 1 amide bonds. The molecular formula is C44H49NO11. The quantitative estimate of drug-likeness (QED) is 0.165. The highest BCUT2D eigenvalue weighted by atomic mass is 16.6. The first-order valence-corrected chi connectivity index (χ1v) is 19.0. The van der Waals surface area contributed by atoms with Crippen molar-refractivity contribution < 1.29 is 53.8 Å². The molecule has 1 saturated heterocycles. The number of aliphatic hydroxyl groups is 4. The van der Waals surface area contributed by atoms with Gasteiger partial charge in [0.1, 0.15) is 23.9 Å². The van der Waals surface area contributed by atoms with Crippen molar-refractivity contribution in [3.63, 3.8) is 0 Å². The summed E-state index contributed by atoms with van der Waals surface area (Å²) in [4.78, 5) is 56.3. The molecule has 3 aromatic rings. The third-order valence-electron chi connectivity index (χ3n) is 13.3. The molecule has 0 spiro atoms. The van der Waals surface area contributed by atoms with E-state index in [1.165, 1.54) is 0 Å². The number of ketones is 1. The monoisotopic (exact) mass is 767 g/mol. The molecule has 12 nitrogen and oxygen atoms in total. The zero-order chi connectivity index (χ0) is 40.4. The van der Waals surface area contributed by atoms with E-state index in [2.05, 4.69) is 5.32 Å². The van der Waals surface area contributed by atoms with Gasteiger partial charge >= 0.3 is 11.9 Å². The molecule has 1 heterocycles. The Kier molecular flexibility index (Phi) is 10.1. The second-order valence-electron chi connectivity index (χ2n) is 16.7. The second kappa shape index (κ2) is 14.3. The van der Waals surface area contributed by atoms with Crippen LogP contribution in [0.3, 0.4) is 0 Å². The topological polar surface area (TPSA) is 189 Å². The van der Waals surface area contributed by atoms with Crippen LogP contribution >= 0.6 is 0 Å². The Bertz CT molecular complexity index is 2040. The van der Waals surface area contributed by atoms with Crippen molar-refractivity contribution in [2.24, 2.45) is 22.2 Å². The van der Waals surface area contributed by atoms with Gasteiger partial charge in [-0.15, -0.1) is 0 Å². The largest absolute Gasteiger partial charge is 0.456 e. The van der Waals surface area contributed by atoms with E-state index in [4.69, 9.17) is 14.2 Å². The number of carbonyl (C=O) groups is 4. The molecule has 3 aliphatic carbocycles. The summed E-state index contributed by atoms with van der Waals surface area (Å²) in [7, 11) is 0. The van der Waals surface area contributed by atoms with E-state index in [9.17, 15) is 39.6 Å². The Labute approximate surface area is 325 Å². The Morgan fingerprint density at radius 2 is 1.43 bits per heavy atom. The van der Waals surface area contributed by atoms with E-state index >= 15 is 0 Å². The lowest BCUT2D eigenvalue weighted by atomic mass is 9.42. The molecule has 2 bridgehead atoms. The predicted molar refractivity (Wildman–Crippen MR) is 202 cm³/mol. The van der Waals surface area contributed by atoms with Crippen LogP contribution < -0.4 is 5.32 Å². The van der Waals surface area contributed by atoms with E-state index in [0.717, 1.165) is 0 Å². The third-order valence-corrected chi connectivity index (χ3v) is 13.3. The molecule has 12 heteroatoms. The van der Waals surface area contributed by atoms with E-state index in [1.54, 1.807) is 119 Å². The maximum atomic E-state index is 14.8. The highest BCUT2D eigenvalue weighted by Crippen LogP contribution is 2.65. The van der Waals surface area contributed by atoms with Gasteiger partial charge < -0.3 is 40.0 Å². The molecule has 3 fully saturated rings. The van der Waals surface area contributed by atoms with Gasteiger partial charge in [-0.2, -0.15) is 0 Å². The normalized spacial score (nSPS) is 34.3. The first-order chi connectivity index (χ1) is 26.5. The minimum Gasteiger partial charge on any atom is -0.456 e. The summed E-state index contributed by atoms with van der Waals surface area (Å²) in [5.74, 6) is -4.28. The van der Waals surface area contributed by atoms with E-state index < -0.39 is 94.1 Å². The lowest BCUT2D eigenvalue weighted by molar-refractivity contribution is -0.313. The molecule has 56 heavy (non-hydrogen) atoms. The van der Waals surface area contributed by atoms with Crippen LogP contribution in [0.4, 0.5) is 0 Å². The van der Waals surface area contributed by atoms with Crippen LogP contribution in [-0.4, -0.2) is 92.9 Å². The van der Waals surface area contributed by atoms with Gasteiger partial charge in [-0.3, -0.25) is 9.59 Å². The smallest absolute Gasteiger partial charge is 0.338 e. The summed E-state index contributed by atoms with van der Waals surface area (Å²) in [6.45, 7) is 8.40. The van der Waals surface area contributed by atoms with Crippen molar-refractivity contribution in [2.45, 2.75) is 95.7 Å². The van der Waals surface area contributed by atoms with E-state index in [-0.39, 0.29) is 36.2 Å². The van der Waals surface area contributed by atoms with E-state index in [0.29, 0.717) is 11.1 Å². The van der Waals surface area contributed by atoms with Crippen molar-refractivity contribution in [2.75, 3.05) is 6.61 Å². The number of esters is 2. The summed E-state index contributed by atoms with van der Waals surface area (Å²) in [5.41, 5.74) is -5.04. The minimum atomic E-state index is -2.14. The predicted octanol–water partition coefficient (Wildman–Crippen LogP) is 3.87. The van der Waals surface area contributed by atoms with Crippen molar-refractivity contribution in [3.05, 3.63) is 119 Å². The zero-order valence-corrected chi connectivity index (χ0v) is 32.0. The lowest BCUT2D eigenvalue weighted by Crippen LogP contribution is -2.77. The van der Waals surface area contributed by atoms with Crippen molar-refractivity contribution in [1.82, 2.24) is 5.32 Å². The van der Waals surface area contributed by atoms with Crippen molar-refractivity contribution in [3.8, 4) is 0 Å². The van der Waals surface area contributed by atoms with Crippen LogP contribution in [0.1, 0.15) is 79.8 Å². The first kappa shape index (κ1) is 39.5. The van der Waals surface area contributed by atoms with Crippen LogP contribution in [0, 0.1) is 22.2 Å². The number of benzene rings is 3. The van der Waals surface area contributed by atoms with Gasteiger partial charge in [0.05, 0.1) is 35.8 Å². The first-order valence-electron chi connectivity index (χ1n) is 19.0. The number of Topliss-reactive ketones (excluding diaryl/α,β-unsaturated/α-hetero) is 1. The van der Waals surface area contributed by atoms with Crippen LogP contribution in [-0.2, 0) is 23.8 Å². The number of fused-ring (bicyclic) bond motifs is 5. The molecule has 0 unspecified atom stereocenters. The average Bonchev–Trinajstić information content (AvgIpc) is 3.19. The lowest BCUT2D eigenvalue weighted by Gasteiger charge is -2.68. The summed E-state index contributed by atoms with van der Waals surface area (Å²) in [5, 5.41) is 51.7. The number of hydrogen-bond donors (Lipinski definition) is 5. The second-order valence-corrected chi connectivity index (χ2v) is 16.7. The summed E-state index contributed by atoms with van der Waals surface area (Å²) >= 11 is 0. The number of rotatable bonds is 8. The Morgan fingerprint density at radius 1 is 0.857 bits per heavy atom. The number of hydrogen-bond acceptors (Lipinski definition) is 11. The maximum absolute atomic E-state index is 14.8. The van der Waals surface area contributed by atoms with Gasteiger partial charge in [0, 0.05) is 35.2 Å². The number of carbonyl (C=O) groups excluding carboxylic acids is 4. The summed E-state index contributed by atoms with van der Waals surface area (Å²) in [6.07, 6.45) is -8.82. The van der Waals surface area contributed by atoms with Gasteiger partial charge in [0.2, 0.25) is 0 Å². The zero-order valence-electron chi connectivity index (χ0n) is 32.0. The van der Waals surface area contributed by atoms with Gasteiger partial charge in [0.25, 0.3) is 5.91 Å². The van der Waals surface area contributed by atoms with Crippen LogP contribution in [0.25, 0.3) is 0 Å². The number of ether oxygens (including phenoxy) is 3. The third kappa shape index (κ3) is 6.10. The summed E-state index contributed by atoms with van der Waals surface area (Å²) in [6, 6.07) is 23.6. The van der Waals surface area contributed by atoms with Gasteiger partial charge in [0.15, 0.2) is 11.9 Å². The van der Waals surface area contributed by atoms with Crippen LogP contribution in [0.2, 0.25) is 0 Å². The molecule has 2 saturated carbocycles. The minimum absolute atomic E-state index is 0.0466. The van der Waals surface area contributed by atoms with Crippen LogP contribution in [0.15, 0.2) is 102 Å². The molecule has 0 aromatic heterocycles. The number of aliphatic hydroxyl groups excluding tert-OH is 3. The fraction of sp³-hybridized carbons (Fsp3) is 0.455. The molecule has 1 aliphatic heterocycles. The average molecular weight is 768 g/mol. The number of nitrogens with one attached hydrogen (secondary N) is 1. The Morgan fingerprint density at radius 3 is 2.00 bits per heavy atom. The standard InChI is InChI=1S/C44H49NO11/c1-24-28(55-40(52)34(48)32(25-15-9-6-10-16-25)45-38(50)26-17-11-7-12-18-26)22-44(53)37(56-39(51)27-19-13-8-14-20-27)35-42(4)23-54-30(42)21-29(46)43(35,5)36(49)33(47)31(24)41(44,2)3/h6-20,28-30,32-35,37,46-48,53H,21-23H2,1-5H3,(H,45,50)/t28-,29-,30+,32-,33+,34+,35+,37-,42+,43+,44+/m0/s1. The van der Waals surface area contributed by atoms with Gasteiger partial charge in [-0.05, 0) is 54.8 Å².